The number of nitrogens with one attached hydrogen (secondary N) is 1. The molecule has 0 unspecified atom stereocenters. The molecule has 0 bridgehead atoms. The average molecular weight is 341 g/mol. The van der Waals surface area contributed by atoms with Crippen molar-refractivity contribution in [3.63, 3.8) is 0 Å². The van der Waals surface area contributed by atoms with Gasteiger partial charge in [-0.2, -0.15) is 0 Å². The van der Waals surface area contributed by atoms with E-state index in [0.717, 1.165) is 10.0 Å². The van der Waals surface area contributed by atoms with Gasteiger partial charge >= 0.3 is 0 Å². The first kappa shape index (κ1) is 14.0. The summed E-state index contributed by atoms with van der Waals surface area (Å²) < 4.78 is 27.9. The fraction of sp³-hybridized carbons (Fsp3) is 0.154. The van der Waals surface area contributed by atoms with Gasteiger partial charge in [0.25, 0.3) is 10.0 Å². The van der Waals surface area contributed by atoms with E-state index in [0.29, 0.717) is 11.4 Å². The zero-order valence-corrected chi connectivity index (χ0v) is 12.9. The van der Waals surface area contributed by atoms with Crippen molar-refractivity contribution in [3.05, 3.63) is 52.1 Å². The fourth-order valence-corrected chi connectivity index (χ4v) is 3.20. The Bertz CT molecular complexity index is 697. The lowest BCUT2D eigenvalue weighted by Gasteiger charge is -2.10. The third-order valence-corrected chi connectivity index (χ3v) is 4.57. The minimum Gasteiger partial charge on any atom is -0.263 e. The average Bonchev–Trinajstić information content (AvgIpc) is 2.35. The molecule has 0 fully saturated rings. The number of halogens is 1. The van der Waals surface area contributed by atoms with Crippen LogP contribution < -0.4 is 4.72 Å². The van der Waals surface area contributed by atoms with Crippen molar-refractivity contribution in [3.8, 4) is 0 Å². The van der Waals surface area contributed by atoms with Crippen LogP contribution in [0.1, 0.15) is 11.1 Å². The van der Waals surface area contributed by atoms with Crippen LogP contribution in [0.25, 0.3) is 0 Å². The number of sulfonamides is 1. The molecule has 0 aliphatic heterocycles. The predicted molar refractivity (Wildman–Crippen MR) is 78.7 cm³/mol. The molecule has 0 spiro atoms. The summed E-state index contributed by atoms with van der Waals surface area (Å²) in [6.45, 7) is 3.62. The fourth-order valence-electron chi connectivity index (χ4n) is 1.63. The molecule has 0 aliphatic carbocycles. The molecular formula is C13H13BrN2O2S. The monoisotopic (exact) mass is 340 g/mol. The number of hydrogen-bond acceptors (Lipinski definition) is 3. The Morgan fingerprint density at radius 3 is 2.53 bits per heavy atom. The molecule has 0 amide bonds. The van der Waals surface area contributed by atoms with E-state index in [-0.39, 0.29) is 4.90 Å². The van der Waals surface area contributed by atoms with Crippen LogP contribution >= 0.6 is 15.9 Å². The molecule has 0 saturated carbocycles. The van der Waals surface area contributed by atoms with Gasteiger partial charge in [-0.15, -0.1) is 0 Å². The first-order valence-corrected chi connectivity index (χ1v) is 7.88. The molecule has 100 valence electrons. The third kappa shape index (κ3) is 3.33. The number of pyridine rings is 1. The molecule has 1 aromatic heterocycles. The highest BCUT2D eigenvalue weighted by Crippen LogP contribution is 2.20. The van der Waals surface area contributed by atoms with Gasteiger partial charge in [-0.1, -0.05) is 12.1 Å². The van der Waals surface area contributed by atoms with Crippen molar-refractivity contribution in [2.45, 2.75) is 18.7 Å². The number of benzene rings is 1. The number of rotatable bonds is 3. The largest absolute Gasteiger partial charge is 0.263 e. The first-order chi connectivity index (χ1) is 8.88. The van der Waals surface area contributed by atoms with Crippen LogP contribution in [0.15, 0.2) is 45.9 Å². The molecule has 0 saturated heterocycles. The highest BCUT2D eigenvalue weighted by molar-refractivity contribution is 9.10. The van der Waals surface area contributed by atoms with E-state index in [2.05, 4.69) is 25.6 Å². The maximum absolute atomic E-state index is 12.3. The van der Waals surface area contributed by atoms with Crippen LogP contribution in [0.4, 0.5) is 5.82 Å². The summed E-state index contributed by atoms with van der Waals surface area (Å²) in [5, 5.41) is 0. The topological polar surface area (TPSA) is 59.1 Å². The summed E-state index contributed by atoms with van der Waals surface area (Å²) in [6, 6.07) is 8.66. The lowest BCUT2D eigenvalue weighted by Crippen LogP contribution is -2.15. The number of aryl methyl sites for hydroxylation is 2. The van der Waals surface area contributed by atoms with Crippen LogP contribution in [0.2, 0.25) is 0 Å². The van der Waals surface area contributed by atoms with Crippen molar-refractivity contribution in [1.29, 1.82) is 0 Å². The predicted octanol–water partition coefficient (Wildman–Crippen LogP) is 3.26. The van der Waals surface area contributed by atoms with Gasteiger partial charge in [0.1, 0.15) is 5.82 Å². The van der Waals surface area contributed by atoms with Gasteiger partial charge in [0, 0.05) is 10.7 Å². The standard InChI is InChI=1S/C13H13BrN2O2S/c1-9-3-4-10(2)12(7-9)19(17,18)16-13-6-5-11(14)8-15-13/h3-8H,1-2H3,(H,15,16). The van der Waals surface area contributed by atoms with Gasteiger partial charge in [-0.25, -0.2) is 13.4 Å². The highest BCUT2D eigenvalue weighted by atomic mass is 79.9. The van der Waals surface area contributed by atoms with Gasteiger partial charge < -0.3 is 0 Å². The van der Waals surface area contributed by atoms with E-state index in [1.807, 2.05) is 13.0 Å². The molecule has 0 radical (unpaired) electrons. The van der Waals surface area contributed by atoms with Gasteiger partial charge in [0.05, 0.1) is 4.90 Å². The van der Waals surface area contributed by atoms with Crippen molar-refractivity contribution in [1.82, 2.24) is 4.98 Å². The second-order valence-electron chi connectivity index (χ2n) is 4.24. The van der Waals surface area contributed by atoms with Crippen molar-refractivity contribution >= 4 is 31.8 Å². The van der Waals surface area contributed by atoms with Gasteiger partial charge in [0.15, 0.2) is 0 Å². The zero-order valence-electron chi connectivity index (χ0n) is 10.5. The number of aromatic nitrogens is 1. The Morgan fingerprint density at radius 1 is 1.16 bits per heavy atom. The molecule has 4 nitrogen and oxygen atoms in total. The summed E-state index contributed by atoms with van der Waals surface area (Å²) in [4.78, 5) is 4.28. The second-order valence-corrected chi connectivity index (χ2v) is 6.80. The van der Waals surface area contributed by atoms with Gasteiger partial charge in [-0.05, 0) is 59.1 Å². The third-order valence-electron chi connectivity index (χ3n) is 2.60. The normalized spacial score (nSPS) is 11.3. The summed E-state index contributed by atoms with van der Waals surface area (Å²) >= 11 is 3.25. The molecule has 2 rings (SSSR count). The Hall–Kier alpha value is -1.40. The molecule has 0 atom stereocenters. The Morgan fingerprint density at radius 2 is 1.89 bits per heavy atom. The van der Waals surface area contributed by atoms with E-state index >= 15 is 0 Å². The Kier molecular flexibility index (Phi) is 3.91. The maximum atomic E-state index is 12.3. The minimum atomic E-state index is -3.61. The maximum Gasteiger partial charge on any atom is 0.263 e. The van der Waals surface area contributed by atoms with Crippen molar-refractivity contribution in [2.75, 3.05) is 4.72 Å². The quantitative estimate of drug-likeness (QED) is 0.932. The number of nitrogens with zero attached hydrogens (tertiary/aromatic N) is 1. The minimum absolute atomic E-state index is 0.275. The van der Waals surface area contributed by atoms with E-state index in [9.17, 15) is 8.42 Å². The van der Waals surface area contributed by atoms with E-state index in [4.69, 9.17) is 0 Å². The van der Waals surface area contributed by atoms with Crippen LogP contribution in [0.5, 0.6) is 0 Å². The number of hydrogen-bond donors (Lipinski definition) is 1. The summed E-state index contributed by atoms with van der Waals surface area (Å²) in [6.07, 6.45) is 1.54. The summed E-state index contributed by atoms with van der Waals surface area (Å²) in [5.74, 6) is 0.295. The Labute approximate surface area is 121 Å². The second kappa shape index (κ2) is 5.30. The van der Waals surface area contributed by atoms with Gasteiger partial charge in [0.2, 0.25) is 0 Å². The molecule has 1 aromatic carbocycles. The zero-order chi connectivity index (χ0) is 14.0. The molecule has 1 N–H and O–H groups in total. The van der Waals surface area contributed by atoms with Crippen molar-refractivity contribution < 1.29 is 8.42 Å². The lowest BCUT2D eigenvalue weighted by molar-refractivity contribution is 0.600. The van der Waals surface area contributed by atoms with Crippen LogP contribution in [0, 0.1) is 13.8 Å². The molecule has 19 heavy (non-hydrogen) atoms. The summed E-state index contributed by atoms with van der Waals surface area (Å²) in [7, 11) is -3.61. The molecule has 2 aromatic rings. The molecule has 0 aliphatic rings. The van der Waals surface area contributed by atoms with E-state index < -0.39 is 10.0 Å². The van der Waals surface area contributed by atoms with Crippen molar-refractivity contribution in [2.24, 2.45) is 0 Å². The number of anilines is 1. The summed E-state index contributed by atoms with van der Waals surface area (Å²) in [5.41, 5.74) is 1.60. The SMILES string of the molecule is Cc1ccc(C)c(S(=O)(=O)Nc2ccc(Br)cn2)c1. The Balaban J connectivity index is 2.37. The highest BCUT2D eigenvalue weighted by Gasteiger charge is 2.17. The molecular weight excluding hydrogens is 328 g/mol. The molecule has 1 heterocycles. The lowest BCUT2D eigenvalue weighted by atomic mass is 10.2. The van der Waals surface area contributed by atoms with Crippen LogP contribution in [-0.4, -0.2) is 13.4 Å². The van der Waals surface area contributed by atoms with E-state index in [1.165, 1.54) is 0 Å². The first-order valence-electron chi connectivity index (χ1n) is 5.60. The van der Waals surface area contributed by atoms with Crippen LogP contribution in [-0.2, 0) is 10.0 Å². The smallest absolute Gasteiger partial charge is 0.263 e. The van der Waals surface area contributed by atoms with Gasteiger partial charge in [-0.3, -0.25) is 4.72 Å². The van der Waals surface area contributed by atoms with E-state index in [1.54, 1.807) is 37.4 Å². The molecule has 6 heteroatoms. The van der Waals surface area contributed by atoms with Crippen LogP contribution in [0.3, 0.4) is 0 Å².